The van der Waals surface area contributed by atoms with Gasteiger partial charge in [0.2, 0.25) is 0 Å². The van der Waals surface area contributed by atoms with Gasteiger partial charge >= 0.3 is 18.1 Å². The number of benzene rings is 1. The minimum atomic E-state index is -4.61. The first-order valence-corrected chi connectivity index (χ1v) is 6.13. The number of hydrogen-bond acceptors (Lipinski definition) is 4. The largest absolute Gasteiger partial charge is 0.481 e. The number of anilines is 1. The summed E-state index contributed by atoms with van der Waals surface area (Å²) in [5.74, 6) is -3.84. The van der Waals surface area contributed by atoms with E-state index in [4.69, 9.17) is 0 Å². The van der Waals surface area contributed by atoms with Crippen molar-refractivity contribution >= 4 is 17.6 Å². The SMILES string of the molecule is COC(=O)C1=CN(C)c2ccc(C(F)(F)F)cc2C1C(=O)O. The molecule has 0 aliphatic carbocycles. The van der Waals surface area contributed by atoms with Crippen LogP contribution in [0.3, 0.4) is 0 Å². The van der Waals surface area contributed by atoms with Crippen LogP contribution in [0.2, 0.25) is 0 Å². The molecule has 118 valence electrons. The third kappa shape index (κ3) is 2.63. The molecule has 22 heavy (non-hydrogen) atoms. The van der Waals surface area contributed by atoms with E-state index in [9.17, 15) is 27.9 Å². The van der Waals surface area contributed by atoms with Gasteiger partial charge in [-0.1, -0.05) is 0 Å². The molecule has 1 aliphatic rings. The molecule has 0 saturated heterocycles. The molecule has 1 atom stereocenters. The van der Waals surface area contributed by atoms with E-state index in [1.165, 1.54) is 24.2 Å². The number of aliphatic carboxylic acids is 1. The lowest BCUT2D eigenvalue weighted by Gasteiger charge is -2.30. The number of carbonyl (C=O) groups excluding carboxylic acids is 1. The van der Waals surface area contributed by atoms with Gasteiger partial charge in [0.05, 0.1) is 18.2 Å². The van der Waals surface area contributed by atoms with E-state index in [-0.39, 0.29) is 16.8 Å². The molecule has 0 fully saturated rings. The first-order chi connectivity index (χ1) is 10.2. The number of nitrogens with zero attached hydrogens (tertiary/aromatic N) is 1. The van der Waals surface area contributed by atoms with Gasteiger partial charge in [-0.2, -0.15) is 13.2 Å². The number of carboxylic acid groups (broad SMARTS) is 1. The van der Waals surface area contributed by atoms with Gasteiger partial charge < -0.3 is 14.7 Å². The van der Waals surface area contributed by atoms with E-state index < -0.39 is 29.6 Å². The predicted octanol–water partition coefficient (Wildman–Crippen LogP) is 2.38. The van der Waals surface area contributed by atoms with Gasteiger partial charge in [-0.15, -0.1) is 0 Å². The van der Waals surface area contributed by atoms with E-state index in [1.807, 2.05) is 0 Å². The maximum absolute atomic E-state index is 12.8. The second-order valence-electron chi connectivity index (χ2n) is 4.73. The molecule has 1 aromatic rings. The summed E-state index contributed by atoms with van der Waals surface area (Å²) < 4.78 is 43.0. The molecule has 1 unspecified atom stereocenters. The minimum Gasteiger partial charge on any atom is -0.481 e. The molecule has 1 aliphatic heterocycles. The Bertz CT molecular complexity index is 667. The van der Waals surface area contributed by atoms with E-state index >= 15 is 0 Å². The van der Waals surface area contributed by atoms with Crippen molar-refractivity contribution in [2.75, 3.05) is 19.1 Å². The van der Waals surface area contributed by atoms with E-state index in [0.29, 0.717) is 0 Å². The number of rotatable bonds is 2. The lowest BCUT2D eigenvalue weighted by atomic mass is 9.86. The zero-order chi connectivity index (χ0) is 16.7. The monoisotopic (exact) mass is 315 g/mol. The fourth-order valence-corrected chi connectivity index (χ4v) is 2.36. The van der Waals surface area contributed by atoms with Crippen molar-refractivity contribution in [1.29, 1.82) is 0 Å². The number of methoxy groups -OCH3 is 1. The number of fused-ring (bicyclic) bond motifs is 1. The standard InChI is InChI=1S/C14H12F3NO4/c1-18-6-9(13(21)22-2)11(12(19)20)8-5-7(14(15,16)17)3-4-10(8)18/h3-6,11H,1-2H3,(H,19,20). The minimum absolute atomic E-state index is 0.104. The molecular weight excluding hydrogens is 303 g/mol. The first kappa shape index (κ1) is 15.9. The third-order valence-corrected chi connectivity index (χ3v) is 3.36. The smallest absolute Gasteiger partial charge is 0.416 e. The summed E-state index contributed by atoms with van der Waals surface area (Å²) in [7, 11) is 2.58. The van der Waals surface area contributed by atoms with Gasteiger partial charge in [-0.3, -0.25) is 4.79 Å². The van der Waals surface area contributed by atoms with Crippen LogP contribution in [0.15, 0.2) is 30.0 Å². The number of hydrogen-bond donors (Lipinski definition) is 1. The fraction of sp³-hybridized carbons (Fsp3) is 0.286. The first-order valence-electron chi connectivity index (χ1n) is 6.13. The zero-order valence-electron chi connectivity index (χ0n) is 11.6. The fourth-order valence-electron chi connectivity index (χ4n) is 2.36. The second kappa shape index (κ2) is 5.36. The highest BCUT2D eigenvalue weighted by atomic mass is 19.4. The maximum atomic E-state index is 12.8. The van der Waals surface area contributed by atoms with Crippen LogP contribution in [-0.4, -0.2) is 31.2 Å². The quantitative estimate of drug-likeness (QED) is 0.849. The van der Waals surface area contributed by atoms with Crippen molar-refractivity contribution in [1.82, 2.24) is 0 Å². The summed E-state index contributed by atoms with van der Waals surface area (Å²) in [6.07, 6.45) is -3.36. The molecule has 1 heterocycles. The Morgan fingerprint density at radius 3 is 2.45 bits per heavy atom. The van der Waals surface area contributed by atoms with E-state index in [0.717, 1.165) is 19.2 Å². The van der Waals surface area contributed by atoms with Gasteiger partial charge in [0.15, 0.2) is 0 Å². The third-order valence-electron chi connectivity index (χ3n) is 3.36. The summed E-state index contributed by atoms with van der Waals surface area (Å²) >= 11 is 0. The number of carbonyl (C=O) groups is 2. The Balaban J connectivity index is 2.65. The molecule has 1 N–H and O–H groups in total. The Labute approximate surface area is 123 Å². The van der Waals surface area contributed by atoms with Crippen LogP contribution in [0.25, 0.3) is 0 Å². The van der Waals surface area contributed by atoms with E-state index in [1.54, 1.807) is 0 Å². The zero-order valence-corrected chi connectivity index (χ0v) is 11.6. The van der Waals surface area contributed by atoms with Gasteiger partial charge in [0, 0.05) is 18.9 Å². The lowest BCUT2D eigenvalue weighted by Crippen LogP contribution is -2.29. The van der Waals surface area contributed by atoms with Crippen molar-refractivity contribution in [2.45, 2.75) is 12.1 Å². The summed E-state index contributed by atoms with van der Waals surface area (Å²) in [4.78, 5) is 24.6. The Morgan fingerprint density at radius 1 is 1.32 bits per heavy atom. The summed E-state index contributed by atoms with van der Waals surface area (Å²) in [6, 6.07) is 2.80. The van der Waals surface area contributed by atoms with Crippen molar-refractivity contribution in [2.24, 2.45) is 0 Å². The Morgan fingerprint density at radius 2 is 1.95 bits per heavy atom. The normalized spacial score (nSPS) is 17.6. The van der Waals surface area contributed by atoms with Crippen LogP contribution in [0.5, 0.6) is 0 Å². The van der Waals surface area contributed by atoms with Crippen molar-refractivity contribution in [3.05, 3.63) is 41.1 Å². The van der Waals surface area contributed by atoms with Gasteiger partial charge in [0.1, 0.15) is 5.92 Å². The van der Waals surface area contributed by atoms with Crippen molar-refractivity contribution in [3.63, 3.8) is 0 Å². The lowest BCUT2D eigenvalue weighted by molar-refractivity contribution is -0.142. The molecule has 0 saturated carbocycles. The number of esters is 1. The Hall–Kier alpha value is -2.51. The molecule has 2 rings (SSSR count). The van der Waals surface area contributed by atoms with Crippen LogP contribution in [0, 0.1) is 0 Å². The van der Waals surface area contributed by atoms with Crippen LogP contribution in [-0.2, 0) is 20.5 Å². The molecule has 1 aromatic carbocycles. The van der Waals surface area contributed by atoms with Crippen LogP contribution >= 0.6 is 0 Å². The molecule has 0 spiro atoms. The summed E-state index contributed by atoms with van der Waals surface area (Å²) in [5.41, 5.74) is -1.03. The Kier molecular flexibility index (Phi) is 3.87. The molecule has 0 radical (unpaired) electrons. The molecule has 0 aromatic heterocycles. The van der Waals surface area contributed by atoms with Crippen LogP contribution in [0.4, 0.5) is 18.9 Å². The summed E-state index contributed by atoms with van der Waals surface area (Å²) in [6.45, 7) is 0. The van der Waals surface area contributed by atoms with Crippen LogP contribution in [0.1, 0.15) is 17.0 Å². The van der Waals surface area contributed by atoms with Crippen molar-refractivity contribution < 1.29 is 32.6 Å². The van der Waals surface area contributed by atoms with Gasteiger partial charge in [-0.05, 0) is 23.8 Å². The predicted molar refractivity (Wildman–Crippen MR) is 70.3 cm³/mol. The second-order valence-corrected chi connectivity index (χ2v) is 4.73. The number of ether oxygens (including phenoxy) is 1. The van der Waals surface area contributed by atoms with Crippen LogP contribution < -0.4 is 4.90 Å². The highest BCUT2D eigenvalue weighted by Crippen LogP contribution is 2.41. The number of halogens is 3. The summed E-state index contributed by atoms with van der Waals surface area (Å²) in [5, 5.41) is 9.33. The maximum Gasteiger partial charge on any atom is 0.416 e. The highest BCUT2D eigenvalue weighted by molar-refractivity contribution is 6.00. The molecule has 0 amide bonds. The van der Waals surface area contributed by atoms with Gasteiger partial charge in [-0.25, -0.2) is 4.79 Å². The topological polar surface area (TPSA) is 66.8 Å². The average molecular weight is 315 g/mol. The number of carboxylic acids is 1. The van der Waals surface area contributed by atoms with Gasteiger partial charge in [0.25, 0.3) is 0 Å². The average Bonchev–Trinajstić information content (AvgIpc) is 2.44. The molecular formula is C14H12F3NO4. The highest BCUT2D eigenvalue weighted by Gasteiger charge is 2.38. The van der Waals surface area contributed by atoms with E-state index in [2.05, 4.69) is 4.74 Å². The molecule has 8 heteroatoms. The number of alkyl halides is 3. The van der Waals surface area contributed by atoms with Crippen molar-refractivity contribution in [3.8, 4) is 0 Å². The molecule has 5 nitrogen and oxygen atoms in total. The molecule has 0 bridgehead atoms.